The average molecular weight is 476 g/mol. The van der Waals surface area contributed by atoms with Crippen LogP contribution < -0.4 is 5.32 Å². The molecule has 0 bridgehead atoms. The molecule has 168 valence electrons. The minimum Gasteiger partial charge on any atom is -0.305 e. The molecule has 3 nitrogen and oxygen atoms in total. The van der Waals surface area contributed by atoms with Gasteiger partial charge < -0.3 is 5.32 Å². The van der Waals surface area contributed by atoms with Gasteiger partial charge in [0, 0.05) is 22.0 Å². The normalized spacial score (nSPS) is 14.0. The van der Waals surface area contributed by atoms with Crippen molar-refractivity contribution in [3.8, 4) is 12.1 Å². The molecule has 3 rings (SSSR count). The van der Waals surface area contributed by atoms with Gasteiger partial charge in [0.15, 0.2) is 0 Å². The van der Waals surface area contributed by atoms with Crippen LogP contribution in [0.15, 0.2) is 72.8 Å². The lowest BCUT2D eigenvalue weighted by atomic mass is 9.79. The predicted octanol–water partition coefficient (Wildman–Crippen LogP) is 7.46. The molecule has 0 aromatic heterocycles. The van der Waals surface area contributed by atoms with E-state index in [0.29, 0.717) is 15.6 Å². The predicted molar refractivity (Wildman–Crippen MR) is 135 cm³/mol. The second-order valence-electron chi connectivity index (χ2n) is 8.95. The van der Waals surface area contributed by atoms with Crippen LogP contribution in [0.2, 0.25) is 10.0 Å². The molecular formula is C28H27Cl2N3. The molecule has 0 heterocycles. The van der Waals surface area contributed by atoms with E-state index in [9.17, 15) is 10.5 Å². The highest BCUT2D eigenvalue weighted by Crippen LogP contribution is 2.36. The Morgan fingerprint density at radius 3 is 2.18 bits per heavy atom. The summed E-state index contributed by atoms with van der Waals surface area (Å²) in [5.41, 5.74) is 3.16. The summed E-state index contributed by atoms with van der Waals surface area (Å²) in [7, 11) is 0. The molecular weight excluding hydrogens is 449 g/mol. The molecule has 0 saturated carbocycles. The summed E-state index contributed by atoms with van der Waals surface area (Å²) >= 11 is 12.4. The molecule has 0 radical (unpaired) electrons. The van der Waals surface area contributed by atoms with Crippen LogP contribution in [0, 0.1) is 28.1 Å². The molecule has 0 fully saturated rings. The zero-order valence-corrected chi connectivity index (χ0v) is 20.5. The first kappa shape index (κ1) is 24.8. The molecule has 0 aliphatic rings. The smallest absolute Gasteiger partial charge is 0.0991 e. The summed E-state index contributed by atoms with van der Waals surface area (Å²) in [5, 5.41) is 24.4. The lowest BCUT2D eigenvalue weighted by Gasteiger charge is -2.36. The van der Waals surface area contributed by atoms with E-state index in [2.05, 4.69) is 30.4 Å². The van der Waals surface area contributed by atoms with Gasteiger partial charge in [-0.2, -0.15) is 10.5 Å². The van der Waals surface area contributed by atoms with Gasteiger partial charge in [0.05, 0.1) is 29.2 Å². The molecule has 3 aromatic carbocycles. The van der Waals surface area contributed by atoms with Crippen LogP contribution in [0.1, 0.15) is 55.0 Å². The van der Waals surface area contributed by atoms with Gasteiger partial charge in [0.1, 0.15) is 0 Å². The van der Waals surface area contributed by atoms with Crippen LogP contribution in [-0.2, 0) is 6.42 Å². The number of nitrogens with one attached hydrogen (secondary N) is 1. The minimum absolute atomic E-state index is 0.00812. The first-order valence-electron chi connectivity index (χ1n) is 10.9. The average Bonchev–Trinajstić information content (AvgIpc) is 2.81. The fourth-order valence-corrected chi connectivity index (χ4v) is 4.47. The van der Waals surface area contributed by atoms with Crippen LogP contribution in [0.5, 0.6) is 0 Å². The minimum atomic E-state index is -0.668. The number of hydrogen-bond donors (Lipinski definition) is 1. The van der Waals surface area contributed by atoms with Crippen LogP contribution in [0.4, 0.5) is 0 Å². The summed E-state index contributed by atoms with van der Waals surface area (Å²) in [4.78, 5) is 0. The van der Waals surface area contributed by atoms with Gasteiger partial charge in [-0.3, -0.25) is 0 Å². The van der Waals surface area contributed by atoms with Crippen molar-refractivity contribution in [2.24, 2.45) is 5.41 Å². The molecule has 0 aliphatic heterocycles. The third-order valence-electron chi connectivity index (χ3n) is 6.04. The van der Waals surface area contributed by atoms with Crippen molar-refractivity contribution in [3.05, 3.63) is 105 Å². The summed E-state index contributed by atoms with van der Waals surface area (Å²) in [6.45, 7) is 6.00. The standard InChI is InChI=1S/C28H27Cl2N3/c1-19(33-27(28(2,3)18-32)23-8-5-9-25(30)16-23)26(15-20-10-12-24(29)13-11-20)22-7-4-6-21(14-22)17-31/h4-14,16,19,26-27,33H,15H2,1-3H3/t19-,26+,27?/m0/s1. The van der Waals surface area contributed by atoms with Crippen LogP contribution >= 0.6 is 23.2 Å². The molecule has 1 N–H and O–H groups in total. The van der Waals surface area contributed by atoms with Crippen LogP contribution in [0.25, 0.3) is 0 Å². The molecule has 1 unspecified atom stereocenters. The van der Waals surface area contributed by atoms with E-state index < -0.39 is 5.41 Å². The molecule has 33 heavy (non-hydrogen) atoms. The van der Waals surface area contributed by atoms with E-state index in [1.54, 1.807) is 0 Å². The Labute approximate surface area is 206 Å². The van der Waals surface area contributed by atoms with Crippen molar-refractivity contribution >= 4 is 23.2 Å². The fourth-order valence-electron chi connectivity index (χ4n) is 4.15. The lowest BCUT2D eigenvalue weighted by molar-refractivity contribution is 0.281. The maximum atomic E-state index is 9.92. The monoisotopic (exact) mass is 475 g/mol. The van der Waals surface area contributed by atoms with E-state index >= 15 is 0 Å². The number of nitriles is 2. The van der Waals surface area contributed by atoms with E-state index in [1.165, 1.54) is 0 Å². The van der Waals surface area contributed by atoms with Gasteiger partial charge in [-0.15, -0.1) is 0 Å². The Balaban J connectivity index is 1.99. The first-order valence-corrected chi connectivity index (χ1v) is 11.7. The maximum absolute atomic E-state index is 9.92. The van der Waals surface area contributed by atoms with E-state index in [0.717, 1.165) is 23.1 Å². The SMILES string of the molecule is C[C@H](NC(c1cccc(Cl)c1)C(C)(C)C#N)[C@@H](Cc1ccc(Cl)cc1)c1cccc(C#N)c1. The second kappa shape index (κ2) is 10.9. The number of hydrogen-bond acceptors (Lipinski definition) is 3. The highest BCUT2D eigenvalue weighted by molar-refractivity contribution is 6.30. The Kier molecular flexibility index (Phi) is 8.17. The van der Waals surface area contributed by atoms with E-state index in [4.69, 9.17) is 23.2 Å². The van der Waals surface area contributed by atoms with Crippen molar-refractivity contribution in [2.45, 2.75) is 45.2 Å². The topological polar surface area (TPSA) is 59.6 Å². The van der Waals surface area contributed by atoms with E-state index in [-0.39, 0.29) is 18.0 Å². The van der Waals surface area contributed by atoms with Gasteiger partial charge >= 0.3 is 0 Å². The molecule has 0 amide bonds. The summed E-state index contributed by atoms with van der Waals surface area (Å²) in [5.74, 6) is 0.0654. The molecule has 0 saturated heterocycles. The van der Waals surface area contributed by atoms with Crippen molar-refractivity contribution < 1.29 is 0 Å². The highest BCUT2D eigenvalue weighted by Gasteiger charge is 2.34. The van der Waals surface area contributed by atoms with Gasteiger partial charge in [0.2, 0.25) is 0 Å². The van der Waals surface area contributed by atoms with Crippen molar-refractivity contribution in [2.75, 3.05) is 0 Å². The summed E-state index contributed by atoms with van der Waals surface area (Å²) in [6.07, 6.45) is 0.759. The molecule has 3 atom stereocenters. The maximum Gasteiger partial charge on any atom is 0.0991 e. The molecule has 5 heteroatoms. The van der Waals surface area contributed by atoms with E-state index in [1.807, 2.05) is 80.6 Å². The molecule has 0 aliphatic carbocycles. The number of rotatable bonds is 8. The Morgan fingerprint density at radius 2 is 1.55 bits per heavy atom. The third-order valence-corrected chi connectivity index (χ3v) is 6.52. The van der Waals surface area contributed by atoms with Gasteiger partial charge in [0.25, 0.3) is 0 Å². The van der Waals surface area contributed by atoms with Crippen molar-refractivity contribution in [1.82, 2.24) is 5.32 Å². The summed E-state index contributed by atoms with van der Waals surface area (Å²) in [6, 6.07) is 27.7. The quantitative estimate of drug-likeness (QED) is 0.367. The molecule has 0 spiro atoms. The number of halogens is 2. The van der Waals surface area contributed by atoms with Gasteiger partial charge in [-0.05, 0) is 80.3 Å². The van der Waals surface area contributed by atoms with Crippen LogP contribution in [-0.4, -0.2) is 6.04 Å². The largest absolute Gasteiger partial charge is 0.305 e. The van der Waals surface area contributed by atoms with Gasteiger partial charge in [-0.25, -0.2) is 0 Å². The highest BCUT2D eigenvalue weighted by atomic mass is 35.5. The van der Waals surface area contributed by atoms with Crippen molar-refractivity contribution in [3.63, 3.8) is 0 Å². The zero-order chi connectivity index (χ0) is 24.0. The molecule has 3 aromatic rings. The Morgan fingerprint density at radius 1 is 0.879 bits per heavy atom. The van der Waals surface area contributed by atoms with Crippen LogP contribution in [0.3, 0.4) is 0 Å². The summed E-state index contributed by atoms with van der Waals surface area (Å²) < 4.78 is 0. The second-order valence-corrected chi connectivity index (χ2v) is 9.82. The lowest BCUT2D eigenvalue weighted by Crippen LogP contribution is -2.42. The number of nitrogens with zero attached hydrogens (tertiary/aromatic N) is 2. The Bertz CT molecular complexity index is 1170. The third kappa shape index (κ3) is 6.37. The zero-order valence-electron chi connectivity index (χ0n) is 19.0. The first-order chi connectivity index (χ1) is 15.7. The number of benzene rings is 3. The van der Waals surface area contributed by atoms with Crippen molar-refractivity contribution in [1.29, 1.82) is 10.5 Å². The Hall–Kier alpha value is -2.82. The fraction of sp³-hybridized carbons (Fsp3) is 0.286. The van der Waals surface area contributed by atoms with Gasteiger partial charge in [-0.1, -0.05) is 59.6 Å².